The molecule has 1 aliphatic carbocycles. The molecule has 0 radical (unpaired) electrons. The molecule has 5 heteroatoms. The van der Waals surface area contributed by atoms with Gasteiger partial charge in [-0.15, -0.1) is 0 Å². The highest BCUT2D eigenvalue weighted by Gasteiger charge is 2.37. The lowest BCUT2D eigenvalue weighted by atomic mass is 10.1. The van der Waals surface area contributed by atoms with Gasteiger partial charge in [-0.05, 0) is 37.3 Å². The summed E-state index contributed by atoms with van der Waals surface area (Å²) < 4.78 is 5.08. The first-order valence-electron chi connectivity index (χ1n) is 8.91. The zero-order valence-corrected chi connectivity index (χ0v) is 15.3. The second kappa shape index (κ2) is 10.3. The van der Waals surface area contributed by atoms with E-state index in [1.165, 1.54) is 12.0 Å². The van der Waals surface area contributed by atoms with E-state index in [-0.39, 0.29) is 0 Å². The van der Waals surface area contributed by atoms with Gasteiger partial charge >= 0.3 is 0 Å². The van der Waals surface area contributed by atoms with E-state index in [2.05, 4.69) is 57.9 Å². The summed E-state index contributed by atoms with van der Waals surface area (Å²) in [6.07, 6.45) is 2.35. The number of nitrogens with zero attached hydrogens (tertiary/aromatic N) is 2. The second-order valence-electron chi connectivity index (χ2n) is 6.54. The summed E-state index contributed by atoms with van der Waals surface area (Å²) in [4.78, 5) is 6.62. The van der Waals surface area contributed by atoms with E-state index in [1.54, 1.807) is 7.11 Å². The highest BCUT2D eigenvalue weighted by molar-refractivity contribution is 5.79. The predicted molar refractivity (Wildman–Crippen MR) is 101 cm³/mol. The van der Waals surface area contributed by atoms with Crippen molar-refractivity contribution in [2.45, 2.75) is 18.8 Å². The van der Waals surface area contributed by atoms with Gasteiger partial charge in [-0.25, -0.2) is 0 Å². The molecule has 1 saturated carbocycles. The summed E-state index contributed by atoms with van der Waals surface area (Å²) in [5, 5.41) is 6.85. The van der Waals surface area contributed by atoms with Crippen LogP contribution in [0.3, 0.4) is 0 Å². The minimum absolute atomic E-state index is 0.712. The van der Waals surface area contributed by atoms with Crippen LogP contribution < -0.4 is 10.6 Å². The molecular formula is C19H32N4O. The monoisotopic (exact) mass is 332 g/mol. The average Bonchev–Trinajstić information content (AvgIpc) is 3.38. The molecule has 0 spiro atoms. The largest absolute Gasteiger partial charge is 0.385 e. The third-order valence-electron chi connectivity index (χ3n) is 4.58. The topological polar surface area (TPSA) is 48.9 Å². The van der Waals surface area contributed by atoms with E-state index in [1.807, 2.05) is 7.05 Å². The summed E-state index contributed by atoms with van der Waals surface area (Å²) in [5.41, 5.74) is 1.46. The van der Waals surface area contributed by atoms with Crippen LogP contribution in [0.15, 0.2) is 35.3 Å². The number of rotatable bonds is 10. The van der Waals surface area contributed by atoms with Crippen LogP contribution in [0.2, 0.25) is 0 Å². The molecule has 2 rings (SSSR count). The van der Waals surface area contributed by atoms with Gasteiger partial charge in [-0.1, -0.05) is 30.3 Å². The van der Waals surface area contributed by atoms with Crippen LogP contribution in [0.5, 0.6) is 0 Å². The third-order valence-corrected chi connectivity index (χ3v) is 4.58. The molecule has 0 saturated heterocycles. The fourth-order valence-electron chi connectivity index (χ4n) is 2.99. The van der Waals surface area contributed by atoms with Crippen LogP contribution in [-0.2, 0) is 4.74 Å². The molecule has 2 atom stereocenters. The molecule has 134 valence electrons. The highest BCUT2D eigenvalue weighted by atomic mass is 16.5. The van der Waals surface area contributed by atoms with Crippen LogP contribution in [0, 0.1) is 5.92 Å². The molecule has 0 bridgehead atoms. The summed E-state index contributed by atoms with van der Waals surface area (Å²) >= 11 is 0. The SMILES string of the molecule is CN=C(NCCN(C)CCCOC)NCC1CC1c1ccccc1. The average molecular weight is 332 g/mol. The maximum atomic E-state index is 5.08. The predicted octanol–water partition coefficient (Wildman–Crippen LogP) is 1.92. The smallest absolute Gasteiger partial charge is 0.191 e. The highest BCUT2D eigenvalue weighted by Crippen LogP contribution is 2.46. The van der Waals surface area contributed by atoms with Crippen LogP contribution >= 0.6 is 0 Å². The van der Waals surface area contributed by atoms with E-state index in [0.29, 0.717) is 5.92 Å². The number of likely N-dealkylation sites (N-methyl/N-ethyl adjacent to an activating group) is 1. The standard InChI is InChI=1S/C19H32N4O/c1-20-19(21-10-12-23(2)11-7-13-24-3)22-15-17-14-18(17)16-8-5-4-6-9-16/h4-6,8-9,17-18H,7,10-15H2,1-3H3,(H2,20,21,22). The molecule has 2 N–H and O–H groups in total. The van der Waals surface area contributed by atoms with Crippen molar-refractivity contribution < 1.29 is 4.74 Å². The molecular weight excluding hydrogens is 300 g/mol. The first-order chi connectivity index (χ1) is 11.7. The van der Waals surface area contributed by atoms with Gasteiger partial charge in [0, 0.05) is 46.9 Å². The molecule has 1 aromatic carbocycles. The van der Waals surface area contributed by atoms with Gasteiger partial charge in [0.25, 0.3) is 0 Å². The van der Waals surface area contributed by atoms with Gasteiger partial charge in [-0.2, -0.15) is 0 Å². The number of benzene rings is 1. The molecule has 2 unspecified atom stereocenters. The number of aliphatic imine (C=N–C) groups is 1. The lowest BCUT2D eigenvalue weighted by Gasteiger charge is -2.18. The number of methoxy groups -OCH3 is 1. The maximum absolute atomic E-state index is 5.08. The van der Waals surface area contributed by atoms with Gasteiger partial charge in [-0.3, -0.25) is 4.99 Å². The van der Waals surface area contributed by atoms with E-state index in [9.17, 15) is 0 Å². The molecule has 24 heavy (non-hydrogen) atoms. The summed E-state index contributed by atoms with van der Waals surface area (Å²) in [6.45, 7) is 4.77. The van der Waals surface area contributed by atoms with E-state index in [4.69, 9.17) is 4.74 Å². The number of ether oxygens (including phenoxy) is 1. The fourth-order valence-corrected chi connectivity index (χ4v) is 2.99. The number of nitrogens with one attached hydrogen (secondary N) is 2. The van der Waals surface area contributed by atoms with Gasteiger partial charge in [0.2, 0.25) is 0 Å². The Kier molecular flexibility index (Phi) is 8.05. The first kappa shape index (κ1) is 18.7. The van der Waals surface area contributed by atoms with Crippen molar-refractivity contribution in [2.75, 3.05) is 54.0 Å². The Bertz CT molecular complexity index is 491. The van der Waals surface area contributed by atoms with Gasteiger partial charge in [0.1, 0.15) is 0 Å². The molecule has 0 heterocycles. The number of hydrogen-bond acceptors (Lipinski definition) is 3. The Morgan fingerprint density at radius 2 is 2.04 bits per heavy atom. The van der Waals surface area contributed by atoms with Gasteiger partial charge in [0.05, 0.1) is 0 Å². The van der Waals surface area contributed by atoms with Crippen molar-refractivity contribution >= 4 is 5.96 Å². The van der Waals surface area contributed by atoms with Crippen molar-refractivity contribution in [3.8, 4) is 0 Å². The van der Waals surface area contributed by atoms with Gasteiger partial charge < -0.3 is 20.3 Å². The van der Waals surface area contributed by atoms with Crippen molar-refractivity contribution in [3.05, 3.63) is 35.9 Å². The molecule has 0 aromatic heterocycles. The number of guanidine groups is 1. The summed E-state index contributed by atoms with van der Waals surface area (Å²) in [7, 11) is 5.72. The minimum atomic E-state index is 0.712. The van der Waals surface area contributed by atoms with Crippen molar-refractivity contribution in [1.82, 2.24) is 15.5 Å². The Labute approximate surface area is 146 Å². The fraction of sp³-hybridized carbons (Fsp3) is 0.632. The normalized spacial score (nSPS) is 20.2. The quantitative estimate of drug-likeness (QED) is 0.390. The lowest BCUT2D eigenvalue weighted by Crippen LogP contribution is -2.41. The molecule has 0 aliphatic heterocycles. The van der Waals surface area contributed by atoms with Crippen molar-refractivity contribution in [1.29, 1.82) is 0 Å². The Balaban J connectivity index is 1.58. The Hall–Kier alpha value is -1.59. The zero-order chi connectivity index (χ0) is 17.2. The molecule has 5 nitrogen and oxygen atoms in total. The van der Waals surface area contributed by atoms with E-state index < -0.39 is 0 Å². The summed E-state index contributed by atoms with van der Waals surface area (Å²) in [6, 6.07) is 10.8. The van der Waals surface area contributed by atoms with Gasteiger partial charge in [0.15, 0.2) is 5.96 Å². The molecule has 0 amide bonds. The Morgan fingerprint density at radius 1 is 1.25 bits per heavy atom. The third kappa shape index (κ3) is 6.49. The van der Waals surface area contributed by atoms with Crippen molar-refractivity contribution in [2.24, 2.45) is 10.9 Å². The van der Waals surface area contributed by atoms with E-state index in [0.717, 1.165) is 51.1 Å². The maximum Gasteiger partial charge on any atom is 0.191 e. The first-order valence-corrected chi connectivity index (χ1v) is 8.91. The van der Waals surface area contributed by atoms with Crippen LogP contribution in [0.25, 0.3) is 0 Å². The Morgan fingerprint density at radius 3 is 2.75 bits per heavy atom. The summed E-state index contributed by atoms with van der Waals surface area (Å²) in [5.74, 6) is 2.34. The number of hydrogen-bond donors (Lipinski definition) is 2. The minimum Gasteiger partial charge on any atom is -0.385 e. The zero-order valence-electron chi connectivity index (χ0n) is 15.3. The second-order valence-corrected chi connectivity index (χ2v) is 6.54. The lowest BCUT2D eigenvalue weighted by molar-refractivity contribution is 0.180. The van der Waals surface area contributed by atoms with Crippen LogP contribution in [0.1, 0.15) is 24.3 Å². The van der Waals surface area contributed by atoms with Crippen LogP contribution in [-0.4, -0.2) is 64.9 Å². The van der Waals surface area contributed by atoms with Crippen molar-refractivity contribution in [3.63, 3.8) is 0 Å². The molecule has 1 aromatic rings. The van der Waals surface area contributed by atoms with Crippen LogP contribution in [0.4, 0.5) is 0 Å². The molecule has 1 aliphatic rings. The van der Waals surface area contributed by atoms with E-state index >= 15 is 0 Å². The molecule has 1 fully saturated rings.